The van der Waals surface area contributed by atoms with Crippen molar-refractivity contribution in [2.75, 3.05) is 6.54 Å². The van der Waals surface area contributed by atoms with Crippen molar-refractivity contribution in [1.82, 2.24) is 5.32 Å². The molecule has 4 heteroatoms. The molecular formula is C16H16ClF2N. The van der Waals surface area contributed by atoms with Crippen LogP contribution in [0.3, 0.4) is 0 Å². The zero-order valence-electron chi connectivity index (χ0n) is 11.0. The quantitative estimate of drug-likeness (QED) is 0.783. The maximum atomic E-state index is 13.9. The van der Waals surface area contributed by atoms with Gasteiger partial charge in [-0.2, -0.15) is 8.78 Å². The van der Waals surface area contributed by atoms with Crippen LogP contribution in [0.1, 0.15) is 16.7 Å². The molecule has 20 heavy (non-hydrogen) atoms. The largest absolute Gasteiger partial charge is 0.307 e. The van der Waals surface area contributed by atoms with Crippen LogP contribution in [0.4, 0.5) is 8.78 Å². The molecule has 2 aromatic rings. The minimum Gasteiger partial charge on any atom is -0.307 e. The molecule has 0 saturated heterocycles. The molecular weight excluding hydrogens is 280 g/mol. The number of hydrogen-bond donors (Lipinski definition) is 1. The topological polar surface area (TPSA) is 12.0 Å². The van der Waals surface area contributed by atoms with Crippen molar-refractivity contribution in [3.05, 3.63) is 71.3 Å². The smallest absolute Gasteiger partial charge is 0.285 e. The molecule has 106 valence electrons. The lowest BCUT2D eigenvalue weighted by Crippen LogP contribution is -2.30. The Labute approximate surface area is 122 Å². The molecule has 2 rings (SSSR count). The van der Waals surface area contributed by atoms with Crippen LogP contribution >= 0.6 is 11.6 Å². The van der Waals surface area contributed by atoms with Gasteiger partial charge in [-0.1, -0.05) is 54.6 Å². The lowest BCUT2D eigenvalue weighted by atomic mass is 10.1. The lowest BCUT2D eigenvalue weighted by molar-refractivity contribution is -0.00343. The van der Waals surface area contributed by atoms with Gasteiger partial charge in [-0.3, -0.25) is 0 Å². The summed E-state index contributed by atoms with van der Waals surface area (Å²) in [5.41, 5.74) is 1.97. The second-order valence-electron chi connectivity index (χ2n) is 4.63. The molecule has 0 aliphatic rings. The summed E-state index contributed by atoms with van der Waals surface area (Å²) in [6, 6.07) is 15.4. The molecule has 0 aliphatic carbocycles. The molecule has 2 aromatic carbocycles. The Kier molecular flexibility index (Phi) is 5.10. The van der Waals surface area contributed by atoms with Crippen LogP contribution in [-0.4, -0.2) is 6.54 Å². The third-order valence-electron chi connectivity index (χ3n) is 3.02. The Morgan fingerprint density at radius 3 is 2.35 bits per heavy atom. The standard InChI is InChI=1S/C16H16ClF2N/c17-10-13-5-4-6-14(9-13)11-20-12-16(18,19)15-7-2-1-3-8-15/h1-9,20H,10-12H2. The maximum Gasteiger partial charge on any atom is 0.285 e. The Bertz CT molecular complexity index is 543. The van der Waals surface area contributed by atoms with Gasteiger partial charge in [0.2, 0.25) is 0 Å². The molecule has 0 atom stereocenters. The number of alkyl halides is 3. The number of rotatable bonds is 6. The summed E-state index contributed by atoms with van der Waals surface area (Å²) in [6.07, 6.45) is 0. The Morgan fingerprint density at radius 2 is 1.65 bits per heavy atom. The molecule has 0 aliphatic heterocycles. The SMILES string of the molecule is FC(F)(CNCc1cccc(CCl)c1)c1ccccc1. The number of nitrogens with one attached hydrogen (secondary N) is 1. The minimum absolute atomic E-state index is 0.0296. The molecule has 0 bridgehead atoms. The van der Waals surface area contributed by atoms with Crippen molar-refractivity contribution in [1.29, 1.82) is 0 Å². The second-order valence-corrected chi connectivity index (χ2v) is 4.89. The van der Waals surface area contributed by atoms with Gasteiger partial charge < -0.3 is 5.32 Å². The zero-order chi connectivity index (χ0) is 14.4. The molecule has 1 N–H and O–H groups in total. The van der Waals surface area contributed by atoms with Gasteiger partial charge in [-0.25, -0.2) is 0 Å². The molecule has 0 heterocycles. The van der Waals surface area contributed by atoms with Crippen LogP contribution in [0.2, 0.25) is 0 Å². The van der Waals surface area contributed by atoms with Gasteiger partial charge in [0.25, 0.3) is 5.92 Å². The Morgan fingerprint density at radius 1 is 0.950 bits per heavy atom. The first-order valence-electron chi connectivity index (χ1n) is 6.40. The number of benzene rings is 2. The molecule has 0 aromatic heterocycles. The van der Waals surface area contributed by atoms with E-state index >= 15 is 0 Å². The van der Waals surface area contributed by atoms with E-state index < -0.39 is 5.92 Å². The highest BCUT2D eigenvalue weighted by Gasteiger charge is 2.30. The highest BCUT2D eigenvalue weighted by molar-refractivity contribution is 6.17. The van der Waals surface area contributed by atoms with Crippen LogP contribution in [0.25, 0.3) is 0 Å². The maximum absolute atomic E-state index is 13.9. The third kappa shape index (κ3) is 4.02. The van der Waals surface area contributed by atoms with Crippen LogP contribution in [0, 0.1) is 0 Å². The van der Waals surface area contributed by atoms with Gasteiger partial charge in [-0.15, -0.1) is 11.6 Å². The van der Waals surface area contributed by atoms with E-state index in [1.165, 1.54) is 12.1 Å². The predicted octanol–water partition coefficient (Wildman–Crippen LogP) is 4.31. The summed E-state index contributed by atoms with van der Waals surface area (Å²) in [5.74, 6) is -2.45. The van der Waals surface area contributed by atoms with E-state index in [2.05, 4.69) is 5.32 Å². The van der Waals surface area contributed by atoms with E-state index in [9.17, 15) is 8.78 Å². The Balaban J connectivity index is 1.92. The van der Waals surface area contributed by atoms with Gasteiger partial charge in [0, 0.05) is 18.0 Å². The Hall–Kier alpha value is -1.45. The van der Waals surface area contributed by atoms with Crippen molar-refractivity contribution in [2.45, 2.75) is 18.3 Å². The minimum atomic E-state index is -2.87. The average molecular weight is 296 g/mol. The summed E-state index contributed by atoms with van der Waals surface area (Å²) in [7, 11) is 0. The highest BCUT2D eigenvalue weighted by atomic mass is 35.5. The van der Waals surface area contributed by atoms with Crippen molar-refractivity contribution in [2.24, 2.45) is 0 Å². The van der Waals surface area contributed by atoms with Gasteiger partial charge in [0.05, 0.1) is 6.54 Å². The summed E-state index contributed by atoms with van der Waals surface area (Å²) in [6.45, 7) is 0.00919. The first kappa shape index (κ1) is 14.9. The fourth-order valence-corrected chi connectivity index (χ4v) is 2.14. The van der Waals surface area contributed by atoms with E-state index in [0.717, 1.165) is 11.1 Å². The summed E-state index contributed by atoms with van der Waals surface area (Å²) in [4.78, 5) is 0. The molecule has 0 spiro atoms. The van der Waals surface area contributed by atoms with Gasteiger partial charge in [0.15, 0.2) is 0 Å². The van der Waals surface area contributed by atoms with E-state index in [1.807, 2.05) is 24.3 Å². The van der Waals surface area contributed by atoms with E-state index in [1.54, 1.807) is 18.2 Å². The first-order chi connectivity index (χ1) is 9.62. The molecule has 0 fully saturated rings. The first-order valence-corrected chi connectivity index (χ1v) is 6.93. The fraction of sp³-hybridized carbons (Fsp3) is 0.250. The van der Waals surface area contributed by atoms with E-state index in [4.69, 9.17) is 11.6 Å². The summed E-state index contributed by atoms with van der Waals surface area (Å²) < 4.78 is 27.8. The third-order valence-corrected chi connectivity index (χ3v) is 3.33. The monoisotopic (exact) mass is 295 g/mol. The number of halogens is 3. The van der Waals surface area contributed by atoms with Crippen LogP contribution in [0.15, 0.2) is 54.6 Å². The van der Waals surface area contributed by atoms with Gasteiger partial charge in [-0.05, 0) is 11.1 Å². The second kappa shape index (κ2) is 6.82. The van der Waals surface area contributed by atoms with Crippen LogP contribution in [-0.2, 0) is 18.3 Å². The van der Waals surface area contributed by atoms with Gasteiger partial charge in [0.1, 0.15) is 0 Å². The van der Waals surface area contributed by atoms with E-state index in [-0.39, 0.29) is 12.1 Å². The molecule has 1 nitrogen and oxygen atoms in total. The highest BCUT2D eigenvalue weighted by Crippen LogP contribution is 2.26. The van der Waals surface area contributed by atoms with Crippen LogP contribution in [0.5, 0.6) is 0 Å². The van der Waals surface area contributed by atoms with Crippen molar-refractivity contribution < 1.29 is 8.78 Å². The molecule has 0 radical (unpaired) electrons. The molecule has 0 saturated carbocycles. The van der Waals surface area contributed by atoms with E-state index in [0.29, 0.717) is 12.4 Å². The number of hydrogen-bond acceptors (Lipinski definition) is 1. The predicted molar refractivity (Wildman–Crippen MR) is 78.0 cm³/mol. The van der Waals surface area contributed by atoms with Crippen molar-refractivity contribution in [3.63, 3.8) is 0 Å². The van der Waals surface area contributed by atoms with Crippen LogP contribution < -0.4 is 5.32 Å². The summed E-state index contributed by atoms with van der Waals surface area (Å²) >= 11 is 5.75. The normalized spacial score (nSPS) is 11.6. The summed E-state index contributed by atoms with van der Waals surface area (Å²) in [5, 5.41) is 2.80. The lowest BCUT2D eigenvalue weighted by Gasteiger charge is -2.17. The average Bonchev–Trinajstić information content (AvgIpc) is 2.48. The zero-order valence-corrected chi connectivity index (χ0v) is 11.7. The van der Waals surface area contributed by atoms with Crippen molar-refractivity contribution >= 4 is 11.6 Å². The van der Waals surface area contributed by atoms with Crippen molar-refractivity contribution in [3.8, 4) is 0 Å². The van der Waals surface area contributed by atoms with Gasteiger partial charge >= 0.3 is 0 Å². The molecule has 0 unspecified atom stereocenters. The fourth-order valence-electron chi connectivity index (χ4n) is 1.97. The molecule has 0 amide bonds.